The number of rotatable bonds is 8. The normalized spacial score (nSPS) is 11.1. The number of halogens is 1. The van der Waals surface area contributed by atoms with E-state index in [0.717, 1.165) is 31.7 Å². The molecule has 0 saturated heterocycles. The molecule has 2 aromatic carbocycles. The summed E-state index contributed by atoms with van der Waals surface area (Å²) in [7, 11) is 7.20. The van der Waals surface area contributed by atoms with E-state index in [9.17, 15) is 4.79 Å². The maximum atomic E-state index is 14.2. The number of likely N-dealkylation sites (N-methyl/N-ethyl adjacent to an activating group) is 1. The van der Waals surface area contributed by atoms with Crippen LogP contribution in [0.15, 0.2) is 60.0 Å². The fourth-order valence-electron chi connectivity index (χ4n) is 3.99. The maximum absolute atomic E-state index is 14.2. The monoisotopic (exact) mass is 554 g/mol. The van der Waals surface area contributed by atoms with E-state index < -0.39 is 0 Å². The van der Waals surface area contributed by atoms with Crippen LogP contribution in [0.25, 0.3) is 31.7 Å². The van der Waals surface area contributed by atoms with Gasteiger partial charge in [-0.1, -0.05) is 35.6 Å². The molecular weight excluding hydrogens is 528 g/mol. The van der Waals surface area contributed by atoms with E-state index in [2.05, 4.69) is 4.90 Å². The molecule has 0 aliphatic rings. The molecule has 0 bridgehead atoms. The van der Waals surface area contributed by atoms with Gasteiger partial charge in [-0.2, -0.15) is 0 Å². The lowest BCUT2D eigenvalue weighted by atomic mass is 10.1. The number of thiazole rings is 1. The van der Waals surface area contributed by atoms with Crippen LogP contribution < -0.4 is 14.4 Å². The number of pyridine rings is 1. The van der Waals surface area contributed by atoms with Gasteiger partial charge in [-0.15, -0.1) is 23.7 Å². The Kier molecular flexibility index (Phi) is 8.29. The van der Waals surface area contributed by atoms with Crippen molar-refractivity contribution in [3.05, 3.63) is 65.5 Å². The van der Waals surface area contributed by atoms with Gasteiger partial charge in [-0.05, 0) is 37.7 Å². The van der Waals surface area contributed by atoms with Crippen LogP contribution in [-0.4, -0.2) is 62.2 Å². The molecule has 0 atom stereocenters. The lowest BCUT2D eigenvalue weighted by Crippen LogP contribution is -2.37. The highest BCUT2D eigenvalue weighted by molar-refractivity contribution is 7.22. The molecule has 10 heteroatoms. The number of nitrogens with zero attached hydrogens (tertiary/aromatic N) is 4. The van der Waals surface area contributed by atoms with Crippen LogP contribution in [0.5, 0.6) is 11.5 Å². The van der Waals surface area contributed by atoms with Crippen molar-refractivity contribution in [2.75, 3.05) is 46.3 Å². The Hall–Kier alpha value is -3.24. The molecule has 192 valence electrons. The molecule has 0 fully saturated rings. The van der Waals surface area contributed by atoms with E-state index in [1.54, 1.807) is 30.5 Å². The number of ether oxygens (including phenoxy) is 2. The predicted molar refractivity (Wildman–Crippen MR) is 155 cm³/mol. The average Bonchev–Trinajstić information content (AvgIpc) is 3.57. The van der Waals surface area contributed by atoms with Gasteiger partial charge >= 0.3 is 0 Å². The number of carbonyl (C=O) groups is 1. The summed E-state index contributed by atoms with van der Waals surface area (Å²) < 4.78 is 11.8. The molecule has 0 aliphatic heterocycles. The topological polar surface area (TPSA) is 67.8 Å². The molecule has 0 unspecified atom stereocenters. The van der Waals surface area contributed by atoms with Gasteiger partial charge in [0.1, 0.15) is 0 Å². The number of para-hydroxylation sites is 1. The van der Waals surface area contributed by atoms with E-state index in [4.69, 9.17) is 19.4 Å². The molecule has 5 rings (SSSR count). The van der Waals surface area contributed by atoms with Crippen molar-refractivity contribution in [3.8, 4) is 22.1 Å². The van der Waals surface area contributed by atoms with Crippen molar-refractivity contribution in [3.63, 3.8) is 0 Å². The van der Waals surface area contributed by atoms with Gasteiger partial charge in [0.25, 0.3) is 5.91 Å². The first kappa shape index (κ1) is 26.8. The zero-order chi connectivity index (χ0) is 25.2. The largest absolute Gasteiger partial charge is 0.493 e. The maximum Gasteiger partial charge on any atom is 0.260 e. The summed E-state index contributed by atoms with van der Waals surface area (Å²) in [5.74, 6) is 1.13. The first-order valence-corrected chi connectivity index (χ1v) is 13.1. The number of fused-ring (bicyclic) bond motifs is 2. The van der Waals surface area contributed by atoms with E-state index in [-0.39, 0.29) is 18.3 Å². The summed E-state index contributed by atoms with van der Waals surface area (Å²) in [5, 5.41) is 3.47. The van der Waals surface area contributed by atoms with Crippen molar-refractivity contribution in [2.45, 2.75) is 0 Å². The molecule has 3 aromatic heterocycles. The number of hydrogen-bond donors (Lipinski definition) is 0. The van der Waals surface area contributed by atoms with Gasteiger partial charge < -0.3 is 14.4 Å². The Bertz CT molecular complexity index is 1500. The van der Waals surface area contributed by atoms with Gasteiger partial charge in [0.2, 0.25) is 0 Å². The number of benzene rings is 2. The Morgan fingerprint density at radius 1 is 0.919 bits per heavy atom. The second kappa shape index (κ2) is 11.4. The quantitative estimate of drug-likeness (QED) is 0.227. The van der Waals surface area contributed by atoms with Crippen LogP contribution in [0.4, 0.5) is 5.13 Å². The number of amides is 1. The molecule has 7 nitrogen and oxygen atoms in total. The van der Waals surface area contributed by atoms with E-state index in [0.29, 0.717) is 35.3 Å². The van der Waals surface area contributed by atoms with Crippen molar-refractivity contribution in [1.82, 2.24) is 14.9 Å². The van der Waals surface area contributed by atoms with E-state index in [1.807, 2.05) is 74.1 Å². The number of methoxy groups -OCH3 is 2. The molecule has 37 heavy (non-hydrogen) atoms. The minimum absolute atomic E-state index is 0. The molecule has 1 amide bonds. The lowest BCUT2D eigenvalue weighted by molar-refractivity contribution is 0.0986. The van der Waals surface area contributed by atoms with Gasteiger partial charge in [0.05, 0.1) is 46.1 Å². The number of carbonyl (C=O) groups excluding carboxylic acids is 1. The third kappa shape index (κ3) is 5.40. The third-order valence-electron chi connectivity index (χ3n) is 5.85. The van der Waals surface area contributed by atoms with E-state index >= 15 is 0 Å². The highest BCUT2D eigenvalue weighted by Gasteiger charge is 2.25. The number of hydrogen-bond acceptors (Lipinski definition) is 8. The fourth-order valence-corrected chi connectivity index (χ4v) is 5.68. The summed E-state index contributed by atoms with van der Waals surface area (Å²) in [6.45, 7) is 1.18. The molecule has 0 aliphatic carbocycles. The average molecular weight is 555 g/mol. The summed E-state index contributed by atoms with van der Waals surface area (Å²) in [4.78, 5) is 28.7. The Morgan fingerprint density at radius 3 is 2.38 bits per heavy atom. The second-order valence-electron chi connectivity index (χ2n) is 8.48. The molecule has 3 heterocycles. The summed E-state index contributed by atoms with van der Waals surface area (Å²) in [6, 6.07) is 17.4. The minimum Gasteiger partial charge on any atom is -0.493 e. The Morgan fingerprint density at radius 2 is 1.68 bits per heavy atom. The summed E-state index contributed by atoms with van der Waals surface area (Å²) in [5.41, 5.74) is 2.95. The Labute approximate surface area is 229 Å². The first-order valence-electron chi connectivity index (χ1n) is 11.4. The predicted octanol–water partition coefficient (Wildman–Crippen LogP) is 6.22. The number of thiophene rings is 1. The van der Waals surface area contributed by atoms with Crippen LogP contribution in [0.3, 0.4) is 0 Å². The molecule has 5 aromatic rings. The molecular formula is C27H27ClN4O3S2. The number of aromatic nitrogens is 2. The summed E-state index contributed by atoms with van der Waals surface area (Å²) in [6.07, 6.45) is 0. The van der Waals surface area contributed by atoms with Crippen molar-refractivity contribution >= 4 is 67.2 Å². The van der Waals surface area contributed by atoms with Crippen molar-refractivity contribution < 1.29 is 14.3 Å². The third-order valence-corrected chi connectivity index (χ3v) is 7.78. The first-order chi connectivity index (χ1) is 17.5. The molecule has 0 spiro atoms. The highest BCUT2D eigenvalue weighted by Crippen LogP contribution is 2.38. The van der Waals surface area contributed by atoms with Gasteiger partial charge in [0, 0.05) is 30.6 Å². The van der Waals surface area contributed by atoms with Crippen LogP contribution in [-0.2, 0) is 0 Å². The minimum atomic E-state index is -0.105. The summed E-state index contributed by atoms with van der Waals surface area (Å²) >= 11 is 3.07. The van der Waals surface area contributed by atoms with Gasteiger partial charge in [-0.25, -0.2) is 9.97 Å². The molecule has 0 N–H and O–H groups in total. The molecule has 0 saturated carbocycles. The van der Waals surface area contributed by atoms with Crippen molar-refractivity contribution in [2.24, 2.45) is 0 Å². The van der Waals surface area contributed by atoms with Crippen LogP contribution in [0, 0.1) is 0 Å². The SMILES string of the molecule is COc1cc2nc(N(CCN(C)C)C(=O)c3cc(-c4cccs4)nc4ccccc34)sc2cc1OC.Cl. The smallest absolute Gasteiger partial charge is 0.260 e. The zero-order valence-electron chi connectivity index (χ0n) is 20.9. The lowest BCUT2D eigenvalue weighted by Gasteiger charge is -2.23. The molecule has 0 radical (unpaired) electrons. The van der Waals surface area contributed by atoms with E-state index in [1.165, 1.54) is 11.3 Å². The van der Waals surface area contributed by atoms with Crippen LogP contribution in [0.1, 0.15) is 10.4 Å². The second-order valence-corrected chi connectivity index (χ2v) is 10.4. The van der Waals surface area contributed by atoms with Crippen LogP contribution in [0.2, 0.25) is 0 Å². The van der Waals surface area contributed by atoms with Gasteiger partial charge in [-0.3, -0.25) is 9.69 Å². The number of anilines is 1. The van der Waals surface area contributed by atoms with Gasteiger partial charge in [0.15, 0.2) is 16.6 Å². The Balaban J connectivity index is 0.00000320. The van der Waals surface area contributed by atoms with Crippen molar-refractivity contribution in [1.29, 1.82) is 0 Å². The zero-order valence-corrected chi connectivity index (χ0v) is 23.4. The fraction of sp³-hybridized carbons (Fsp3) is 0.222. The van der Waals surface area contributed by atoms with Crippen LogP contribution >= 0.6 is 35.1 Å². The standard InChI is InChI=1S/C27H26N4O3S2.ClH/c1-30(2)11-12-31(27-29-21-15-22(33-3)23(34-4)16-25(21)36-27)26(32)18-14-20(24-10-7-13-35-24)28-19-9-6-5-8-17(18)19;/h5-10,13-16H,11-12H2,1-4H3;1H. The highest BCUT2D eigenvalue weighted by atomic mass is 35.5.